The molecule has 5 nitrogen and oxygen atoms in total. The van der Waals surface area contributed by atoms with E-state index in [1.54, 1.807) is 36.2 Å². The molecule has 5 heteroatoms. The average Bonchev–Trinajstić information content (AvgIpc) is 3.00. The molecule has 0 aromatic heterocycles. The number of carbonyl (C=O) groups excluding carboxylic acids is 1. The van der Waals surface area contributed by atoms with Gasteiger partial charge >= 0.3 is 0 Å². The maximum Gasteiger partial charge on any atom is 0.246 e. The van der Waals surface area contributed by atoms with Gasteiger partial charge in [0.25, 0.3) is 0 Å². The Labute approximate surface area is 160 Å². The lowest BCUT2D eigenvalue weighted by atomic mass is 10.0. The second-order valence-corrected chi connectivity index (χ2v) is 7.29. The van der Waals surface area contributed by atoms with Crippen molar-refractivity contribution in [2.75, 3.05) is 26.7 Å². The Kier molecular flexibility index (Phi) is 5.94. The number of likely N-dealkylation sites (N-methyl/N-ethyl adjacent to an activating group) is 1. The molecule has 27 heavy (non-hydrogen) atoms. The fourth-order valence-corrected chi connectivity index (χ4v) is 3.49. The number of likely N-dealkylation sites (tertiary alicyclic amines) is 1. The first kappa shape index (κ1) is 19.1. The Balaban J connectivity index is 1.53. The van der Waals surface area contributed by atoms with Gasteiger partial charge in [0, 0.05) is 32.8 Å². The lowest BCUT2D eigenvalue weighted by Crippen LogP contribution is -2.45. The molecule has 0 aliphatic carbocycles. The summed E-state index contributed by atoms with van der Waals surface area (Å²) < 4.78 is 0. The average molecular weight is 366 g/mol. The van der Waals surface area contributed by atoms with Gasteiger partial charge in [-0.15, -0.1) is 0 Å². The highest BCUT2D eigenvalue weighted by Gasteiger charge is 2.37. The molecule has 1 unspecified atom stereocenters. The molecule has 2 aromatic carbocycles. The van der Waals surface area contributed by atoms with Crippen LogP contribution >= 0.6 is 0 Å². The summed E-state index contributed by atoms with van der Waals surface area (Å²) in [7, 11) is 1.70. The van der Waals surface area contributed by atoms with E-state index < -0.39 is 5.60 Å². The summed E-state index contributed by atoms with van der Waals surface area (Å²) in [5.41, 5.74) is 1.09. The number of β-amino-alcohol motifs (C(OH)–C–C–N with tert-alkyl or cyclic N) is 1. The van der Waals surface area contributed by atoms with Crippen LogP contribution < -0.4 is 0 Å². The molecule has 0 bridgehead atoms. The molecule has 1 amide bonds. The normalized spacial score (nSPS) is 20.2. The first-order chi connectivity index (χ1) is 12.9. The van der Waals surface area contributed by atoms with Crippen molar-refractivity contribution in [3.8, 4) is 5.75 Å². The zero-order valence-corrected chi connectivity index (χ0v) is 15.6. The Hall–Kier alpha value is -2.63. The number of amides is 1. The molecule has 2 aromatic rings. The molecule has 0 spiro atoms. The van der Waals surface area contributed by atoms with Gasteiger partial charge in [-0.25, -0.2) is 0 Å². The van der Waals surface area contributed by atoms with Crippen LogP contribution in [0.15, 0.2) is 60.7 Å². The fourth-order valence-electron chi connectivity index (χ4n) is 3.49. The SMILES string of the molecule is CN(CC1(O)CCN(Cc2ccccc2)C1)C(=O)/C=C/c1cccc(O)c1. The van der Waals surface area contributed by atoms with E-state index in [1.807, 2.05) is 24.3 Å². The Bertz CT molecular complexity index is 806. The molecule has 142 valence electrons. The molecule has 0 saturated carbocycles. The van der Waals surface area contributed by atoms with Crippen LogP contribution in [0.25, 0.3) is 6.08 Å². The molecule has 1 heterocycles. The monoisotopic (exact) mass is 366 g/mol. The highest BCUT2D eigenvalue weighted by molar-refractivity contribution is 5.91. The van der Waals surface area contributed by atoms with Gasteiger partial charge in [0.2, 0.25) is 5.91 Å². The molecule has 1 aliphatic rings. The van der Waals surface area contributed by atoms with E-state index in [4.69, 9.17) is 0 Å². The standard InChI is InChI=1S/C22H26N2O3/c1-23(21(26)11-10-18-8-5-9-20(25)14-18)16-22(27)12-13-24(17-22)15-19-6-3-2-4-7-19/h2-11,14,25,27H,12-13,15-17H2,1H3/b11-10+. The topological polar surface area (TPSA) is 64.0 Å². The third-order valence-electron chi connectivity index (χ3n) is 4.86. The summed E-state index contributed by atoms with van der Waals surface area (Å²) in [5.74, 6) is -0.00925. The molecule has 1 atom stereocenters. The van der Waals surface area contributed by atoms with E-state index in [0.29, 0.717) is 19.5 Å². The minimum Gasteiger partial charge on any atom is -0.508 e. The van der Waals surface area contributed by atoms with Crippen molar-refractivity contribution in [2.24, 2.45) is 0 Å². The van der Waals surface area contributed by atoms with Crippen LogP contribution in [-0.4, -0.2) is 58.2 Å². The Morgan fingerprint density at radius 1 is 1.22 bits per heavy atom. The minimum absolute atomic E-state index is 0.164. The predicted octanol–water partition coefficient (Wildman–Crippen LogP) is 2.50. The summed E-state index contributed by atoms with van der Waals surface area (Å²) in [5, 5.41) is 20.4. The zero-order chi connectivity index (χ0) is 19.3. The van der Waals surface area contributed by atoms with E-state index in [9.17, 15) is 15.0 Å². The van der Waals surface area contributed by atoms with E-state index in [1.165, 1.54) is 11.6 Å². The number of rotatable bonds is 6. The lowest BCUT2D eigenvalue weighted by Gasteiger charge is -2.28. The van der Waals surface area contributed by atoms with Gasteiger partial charge in [-0.3, -0.25) is 9.69 Å². The number of aromatic hydroxyl groups is 1. The number of phenols is 1. The largest absolute Gasteiger partial charge is 0.508 e. The third-order valence-corrected chi connectivity index (χ3v) is 4.86. The highest BCUT2D eigenvalue weighted by Crippen LogP contribution is 2.24. The van der Waals surface area contributed by atoms with E-state index in [2.05, 4.69) is 17.0 Å². The molecule has 3 rings (SSSR count). The van der Waals surface area contributed by atoms with Crippen molar-refractivity contribution in [1.82, 2.24) is 9.80 Å². The molecule has 0 radical (unpaired) electrons. The van der Waals surface area contributed by atoms with Crippen LogP contribution in [0.4, 0.5) is 0 Å². The van der Waals surface area contributed by atoms with E-state index >= 15 is 0 Å². The van der Waals surface area contributed by atoms with Crippen molar-refractivity contribution in [3.63, 3.8) is 0 Å². The van der Waals surface area contributed by atoms with Crippen molar-refractivity contribution >= 4 is 12.0 Å². The van der Waals surface area contributed by atoms with E-state index in [0.717, 1.165) is 18.7 Å². The van der Waals surface area contributed by atoms with Crippen LogP contribution in [0, 0.1) is 0 Å². The number of hydrogen-bond acceptors (Lipinski definition) is 4. The zero-order valence-electron chi connectivity index (χ0n) is 15.6. The van der Waals surface area contributed by atoms with Crippen LogP contribution in [-0.2, 0) is 11.3 Å². The van der Waals surface area contributed by atoms with Gasteiger partial charge in [-0.2, -0.15) is 0 Å². The van der Waals surface area contributed by atoms with Gasteiger partial charge < -0.3 is 15.1 Å². The second-order valence-electron chi connectivity index (χ2n) is 7.29. The van der Waals surface area contributed by atoms with Gasteiger partial charge in [0.05, 0.1) is 12.1 Å². The third kappa shape index (κ3) is 5.42. The molecule has 1 saturated heterocycles. The quantitative estimate of drug-likeness (QED) is 0.771. The van der Waals surface area contributed by atoms with Crippen LogP contribution in [0.3, 0.4) is 0 Å². The molecule has 1 fully saturated rings. The van der Waals surface area contributed by atoms with Gasteiger partial charge in [0.1, 0.15) is 5.75 Å². The van der Waals surface area contributed by atoms with Crippen molar-refractivity contribution in [1.29, 1.82) is 0 Å². The van der Waals surface area contributed by atoms with Gasteiger partial charge in [-0.1, -0.05) is 42.5 Å². The molecular weight excluding hydrogens is 340 g/mol. The fraction of sp³-hybridized carbons (Fsp3) is 0.318. The smallest absolute Gasteiger partial charge is 0.246 e. The Morgan fingerprint density at radius 2 is 2.00 bits per heavy atom. The van der Waals surface area contributed by atoms with Crippen molar-refractivity contribution in [2.45, 2.75) is 18.6 Å². The summed E-state index contributed by atoms with van der Waals surface area (Å²) >= 11 is 0. The first-order valence-corrected chi connectivity index (χ1v) is 9.14. The molecule has 2 N–H and O–H groups in total. The van der Waals surface area contributed by atoms with Crippen molar-refractivity contribution < 1.29 is 15.0 Å². The summed E-state index contributed by atoms with van der Waals surface area (Å²) in [4.78, 5) is 16.1. The second kappa shape index (κ2) is 8.37. The van der Waals surface area contributed by atoms with E-state index in [-0.39, 0.29) is 11.7 Å². The summed E-state index contributed by atoms with van der Waals surface area (Å²) in [6, 6.07) is 16.9. The lowest BCUT2D eigenvalue weighted by molar-refractivity contribution is -0.127. The summed E-state index contributed by atoms with van der Waals surface area (Å²) in [6.45, 7) is 2.46. The molecular formula is C22H26N2O3. The maximum absolute atomic E-state index is 12.4. The summed E-state index contributed by atoms with van der Waals surface area (Å²) in [6.07, 6.45) is 3.78. The molecule has 1 aliphatic heterocycles. The maximum atomic E-state index is 12.4. The number of aliphatic hydroxyl groups is 1. The first-order valence-electron chi connectivity index (χ1n) is 9.14. The number of carbonyl (C=O) groups is 1. The predicted molar refractivity (Wildman–Crippen MR) is 106 cm³/mol. The number of benzene rings is 2. The number of nitrogens with zero attached hydrogens (tertiary/aromatic N) is 2. The number of hydrogen-bond donors (Lipinski definition) is 2. The Morgan fingerprint density at radius 3 is 2.74 bits per heavy atom. The van der Waals surface area contributed by atoms with Crippen LogP contribution in [0.2, 0.25) is 0 Å². The number of phenolic OH excluding ortho intramolecular Hbond substituents is 1. The van der Waals surface area contributed by atoms with Crippen molar-refractivity contribution in [3.05, 3.63) is 71.8 Å². The van der Waals surface area contributed by atoms with Crippen LogP contribution in [0.1, 0.15) is 17.5 Å². The van der Waals surface area contributed by atoms with Gasteiger partial charge in [-0.05, 0) is 35.8 Å². The minimum atomic E-state index is -0.891. The highest BCUT2D eigenvalue weighted by atomic mass is 16.3. The van der Waals surface area contributed by atoms with Gasteiger partial charge in [0.15, 0.2) is 0 Å². The van der Waals surface area contributed by atoms with Crippen LogP contribution in [0.5, 0.6) is 5.75 Å².